The van der Waals surface area contributed by atoms with Crippen LogP contribution in [0.2, 0.25) is 5.02 Å². The summed E-state index contributed by atoms with van der Waals surface area (Å²) in [6.45, 7) is 0. The summed E-state index contributed by atoms with van der Waals surface area (Å²) in [5, 5.41) is 2.26. The summed E-state index contributed by atoms with van der Waals surface area (Å²) in [4.78, 5) is 34.2. The summed E-state index contributed by atoms with van der Waals surface area (Å²) in [5.41, 5.74) is 2.08. The third kappa shape index (κ3) is 3.24. The van der Waals surface area contributed by atoms with Gasteiger partial charge >= 0.3 is 0 Å². The zero-order valence-electron chi connectivity index (χ0n) is 16.6. The molecule has 2 fully saturated rings. The Balaban J connectivity index is 1.57. The topological polar surface area (TPSA) is 59.1 Å². The number of hydrogen-bond donors (Lipinski definition) is 0. The first-order valence-corrected chi connectivity index (χ1v) is 10.2. The minimum atomic E-state index is -0.917. The third-order valence-electron chi connectivity index (χ3n) is 5.65. The lowest BCUT2D eigenvalue weighted by molar-refractivity contribution is -0.126. The molecule has 0 bridgehead atoms. The molecule has 3 atom stereocenters. The molecule has 0 unspecified atom stereocenters. The molecule has 0 N–H and O–H groups in total. The van der Waals surface area contributed by atoms with Crippen molar-refractivity contribution in [1.29, 1.82) is 0 Å². The van der Waals surface area contributed by atoms with Crippen LogP contribution in [0.3, 0.4) is 0 Å². The van der Waals surface area contributed by atoms with Crippen molar-refractivity contribution in [3.05, 3.63) is 89.4 Å². The molecular formula is C24H19ClN2O4. The van der Waals surface area contributed by atoms with Crippen molar-refractivity contribution in [2.24, 2.45) is 5.92 Å². The molecule has 6 nitrogen and oxygen atoms in total. The predicted octanol–water partition coefficient (Wildman–Crippen LogP) is 4.40. The van der Waals surface area contributed by atoms with Gasteiger partial charge in [0.15, 0.2) is 6.10 Å². The second-order valence-corrected chi connectivity index (χ2v) is 7.86. The molecule has 2 aliphatic heterocycles. The fourth-order valence-electron chi connectivity index (χ4n) is 4.22. The second-order valence-electron chi connectivity index (χ2n) is 7.42. The Hall–Kier alpha value is -3.35. The molecule has 2 heterocycles. The number of fused-ring (bicyclic) bond motifs is 1. The van der Waals surface area contributed by atoms with Gasteiger partial charge in [-0.3, -0.25) is 14.4 Å². The number of nitrogens with zero attached hydrogens (tertiary/aromatic N) is 2. The van der Waals surface area contributed by atoms with Crippen LogP contribution < -0.4 is 14.7 Å². The van der Waals surface area contributed by atoms with Crippen molar-refractivity contribution < 1.29 is 19.2 Å². The molecular weight excluding hydrogens is 416 g/mol. The van der Waals surface area contributed by atoms with E-state index in [1.165, 1.54) is 4.90 Å². The molecule has 0 saturated carbocycles. The summed E-state index contributed by atoms with van der Waals surface area (Å²) in [6.07, 6.45) is -0.917. The van der Waals surface area contributed by atoms with Crippen molar-refractivity contribution in [2.45, 2.75) is 12.1 Å². The van der Waals surface area contributed by atoms with Crippen LogP contribution in [0.4, 0.5) is 11.4 Å². The highest BCUT2D eigenvalue weighted by molar-refractivity contribution is 6.30. The summed E-state index contributed by atoms with van der Waals surface area (Å²) in [5.74, 6) is -0.821. The fourth-order valence-corrected chi connectivity index (χ4v) is 4.34. The molecule has 156 valence electrons. The first-order chi connectivity index (χ1) is 15.1. The number of carbonyl (C=O) groups is 2. The SMILES string of the molecule is COc1cccc(N2C(=O)[C@@H]3[C@@H](c4ccc(Cl)cc4)N(c4ccccc4)O[C@H]3C2=O)c1. The van der Waals surface area contributed by atoms with Gasteiger partial charge < -0.3 is 4.74 Å². The highest BCUT2D eigenvalue weighted by atomic mass is 35.5. The number of methoxy groups -OCH3 is 1. The van der Waals surface area contributed by atoms with Crippen molar-refractivity contribution >= 4 is 34.8 Å². The van der Waals surface area contributed by atoms with Gasteiger partial charge in [0.05, 0.1) is 24.5 Å². The first kappa shape index (κ1) is 19.6. The van der Waals surface area contributed by atoms with E-state index < -0.39 is 18.1 Å². The summed E-state index contributed by atoms with van der Waals surface area (Å²) in [6, 6.07) is 23.1. The maximum Gasteiger partial charge on any atom is 0.266 e. The number of para-hydroxylation sites is 1. The number of rotatable bonds is 4. The van der Waals surface area contributed by atoms with Gasteiger partial charge in [0.25, 0.3) is 5.91 Å². The standard InChI is InChI=1S/C24H19ClN2O4/c1-30-19-9-5-8-18(14-19)26-23(28)20-21(15-10-12-16(25)13-11-15)27(31-22(20)24(26)29)17-6-3-2-4-7-17/h2-14,20-22H,1H3/t20-,21-,22-/m1/s1. The van der Waals surface area contributed by atoms with Crippen LogP contribution in [-0.2, 0) is 14.4 Å². The molecule has 7 heteroatoms. The van der Waals surface area contributed by atoms with Crippen LogP contribution in [0.25, 0.3) is 0 Å². The smallest absolute Gasteiger partial charge is 0.266 e. The Morgan fingerprint density at radius 2 is 1.58 bits per heavy atom. The number of carbonyl (C=O) groups excluding carboxylic acids is 2. The monoisotopic (exact) mass is 434 g/mol. The normalized spacial score (nSPS) is 22.7. The van der Waals surface area contributed by atoms with E-state index in [1.807, 2.05) is 42.5 Å². The number of halogens is 1. The Morgan fingerprint density at radius 1 is 0.871 bits per heavy atom. The molecule has 5 rings (SSSR count). The maximum absolute atomic E-state index is 13.6. The zero-order valence-corrected chi connectivity index (χ0v) is 17.4. The number of benzene rings is 3. The van der Waals surface area contributed by atoms with Gasteiger partial charge in [-0.2, -0.15) is 0 Å². The molecule has 0 radical (unpaired) electrons. The minimum absolute atomic E-state index is 0.304. The number of hydroxylamine groups is 1. The molecule has 3 aromatic carbocycles. The molecule has 31 heavy (non-hydrogen) atoms. The average Bonchev–Trinajstić information content (AvgIpc) is 3.31. The first-order valence-electron chi connectivity index (χ1n) is 9.87. The zero-order chi connectivity index (χ0) is 21.5. The Kier molecular flexibility index (Phi) is 4.88. The molecule has 2 aliphatic rings. The van der Waals surface area contributed by atoms with Gasteiger partial charge in [-0.05, 0) is 42.0 Å². The number of ether oxygens (including phenoxy) is 1. The lowest BCUT2D eigenvalue weighted by Gasteiger charge is -2.28. The van der Waals surface area contributed by atoms with Crippen LogP contribution in [-0.4, -0.2) is 25.0 Å². The Morgan fingerprint density at radius 3 is 2.29 bits per heavy atom. The quantitative estimate of drug-likeness (QED) is 0.570. The summed E-state index contributed by atoms with van der Waals surface area (Å²) >= 11 is 6.08. The second kappa shape index (κ2) is 7.72. The lowest BCUT2D eigenvalue weighted by atomic mass is 9.90. The predicted molar refractivity (Wildman–Crippen MR) is 117 cm³/mol. The van der Waals surface area contributed by atoms with E-state index in [0.717, 1.165) is 11.3 Å². The van der Waals surface area contributed by atoms with E-state index in [4.69, 9.17) is 21.2 Å². The van der Waals surface area contributed by atoms with Crippen LogP contribution in [0.1, 0.15) is 11.6 Å². The molecule has 0 aliphatic carbocycles. The van der Waals surface area contributed by atoms with Crippen LogP contribution >= 0.6 is 11.6 Å². The van der Waals surface area contributed by atoms with E-state index in [-0.39, 0.29) is 11.8 Å². The van der Waals surface area contributed by atoms with Gasteiger partial charge in [-0.1, -0.05) is 48.0 Å². The summed E-state index contributed by atoms with van der Waals surface area (Å²) in [7, 11) is 1.54. The van der Waals surface area contributed by atoms with Gasteiger partial charge in [0.1, 0.15) is 11.7 Å². The van der Waals surface area contributed by atoms with E-state index in [1.54, 1.807) is 48.6 Å². The molecule has 2 saturated heterocycles. The highest BCUT2D eigenvalue weighted by Gasteiger charge is 2.60. The van der Waals surface area contributed by atoms with E-state index >= 15 is 0 Å². The molecule has 0 spiro atoms. The Labute approximate surface area is 184 Å². The highest BCUT2D eigenvalue weighted by Crippen LogP contribution is 2.47. The largest absolute Gasteiger partial charge is 0.497 e. The van der Waals surface area contributed by atoms with E-state index in [2.05, 4.69) is 0 Å². The van der Waals surface area contributed by atoms with Crippen LogP contribution in [0.15, 0.2) is 78.9 Å². The van der Waals surface area contributed by atoms with Crippen LogP contribution in [0, 0.1) is 5.92 Å². The lowest BCUT2D eigenvalue weighted by Crippen LogP contribution is -2.37. The van der Waals surface area contributed by atoms with Gasteiger partial charge in [-0.25, -0.2) is 9.96 Å². The summed E-state index contributed by atoms with van der Waals surface area (Å²) < 4.78 is 5.25. The third-order valence-corrected chi connectivity index (χ3v) is 5.90. The number of hydrogen-bond acceptors (Lipinski definition) is 5. The maximum atomic E-state index is 13.6. The number of anilines is 2. The molecule has 2 amide bonds. The fraction of sp³-hybridized carbons (Fsp3) is 0.167. The van der Waals surface area contributed by atoms with Gasteiger partial charge in [-0.15, -0.1) is 0 Å². The molecule has 3 aromatic rings. The van der Waals surface area contributed by atoms with Crippen molar-refractivity contribution in [3.8, 4) is 5.75 Å². The van der Waals surface area contributed by atoms with Crippen molar-refractivity contribution in [2.75, 3.05) is 17.1 Å². The Bertz CT molecular complexity index is 1140. The number of amides is 2. The number of imide groups is 1. The van der Waals surface area contributed by atoms with Crippen LogP contribution in [0.5, 0.6) is 5.75 Å². The van der Waals surface area contributed by atoms with E-state index in [0.29, 0.717) is 16.5 Å². The van der Waals surface area contributed by atoms with Gasteiger partial charge in [0.2, 0.25) is 5.91 Å². The minimum Gasteiger partial charge on any atom is -0.497 e. The van der Waals surface area contributed by atoms with E-state index in [9.17, 15) is 9.59 Å². The van der Waals surface area contributed by atoms with Crippen molar-refractivity contribution in [1.82, 2.24) is 0 Å². The van der Waals surface area contributed by atoms with Gasteiger partial charge in [0, 0.05) is 11.1 Å². The van der Waals surface area contributed by atoms with Crippen molar-refractivity contribution in [3.63, 3.8) is 0 Å². The average molecular weight is 435 g/mol. The molecule has 0 aromatic heterocycles.